The van der Waals surface area contributed by atoms with E-state index in [1.165, 1.54) is 6.42 Å². The van der Waals surface area contributed by atoms with Gasteiger partial charge in [-0.2, -0.15) is 0 Å². The number of hydrogen-bond donors (Lipinski definition) is 1. The number of nitrogens with zero attached hydrogens (tertiary/aromatic N) is 1. The summed E-state index contributed by atoms with van der Waals surface area (Å²) in [6.07, 6.45) is 3.73. The summed E-state index contributed by atoms with van der Waals surface area (Å²) in [7, 11) is 0. The molecule has 1 saturated heterocycles. The van der Waals surface area contributed by atoms with E-state index in [2.05, 4.69) is 18.8 Å². The third-order valence-corrected chi connectivity index (χ3v) is 4.05. The van der Waals surface area contributed by atoms with Gasteiger partial charge in [0.05, 0.1) is 11.6 Å². The van der Waals surface area contributed by atoms with Crippen molar-refractivity contribution in [2.45, 2.75) is 38.6 Å². The normalized spacial score (nSPS) is 18.0. The van der Waals surface area contributed by atoms with E-state index >= 15 is 0 Å². The second-order valence-electron chi connectivity index (χ2n) is 5.31. The van der Waals surface area contributed by atoms with Gasteiger partial charge in [-0.3, -0.25) is 4.79 Å². The molecule has 1 aliphatic rings. The zero-order valence-electron chi connectivity index (χ0n) is 12.2. The number of aliphatic hydroxyl groups is 1. The first kappa shape index (κ1) is 15.9. The quantitative estimate of drug-likeness (QED) is 0.853. The Kier molecular flexibility index (Phi) is 5.67. The number of likely N-dealkylation sites (tertiary alicyclic amines) is 1. The highest BCUT2D eigenvalue weighted by molar-refractivity contribution is 6.32. The van der Waals surface area contributed by atoms with Gasteiger partial charge >= 0.3 is 0 Å². The molecule has 0 bridgehead atoms. The molecule has 0 aromatic heterocycles. The molecule has 0 spiro atoms. The van der Waals surface area contributed by atoms with Gasteiger partial charge in [0.2, 0.25) is 0 Å². The van der Waals surface area contributed by atoms with Crippen molar-refractivity contribution in [1.29, 1.82) is 0 Å². The number of halogens is 1. The lowest BCUT2D eigenvalue weighted by Gasteiger charge is -2.33. The third kappa shape index (κ3) is 4.00. The topological polar surface area (TPSA) is 40.5 Å². The molecule has 112 valence electrons. The number of rotatable bonds is 2. The first-order chi connectivity index (χ1) is 10.1. The molecule has 1 fully saturated rings. The summed E-state index contributed by atoms with van der Waals surface area (Å²) in [5.41, 5.74) is 1.30. The fourth-order valence-electron chi connectivity index (χ4n) is 2.53. The number of hydrogen-bond acceptors (Lipinski definition) is 2. The minimum atomic E-state index is 0.0358. The Morgan fingerprint density at radius 3 is 2.95 bits per heavy atom. The van der Waals surface area contributed by atoms with Crippen LogP contribution in [0.3, 0.4) is 0 Å². The SMILES string of the molecule is CC1CCCCN1C(=O)c1ccc(C#CCCO)c(Cl)c1. The summed E-state index contributed by atoms with van der Waals surface area (Å²) in [4.78, 5) is 14.5. The maximum Gasteiger partial charge on any atom is 0.254 e. The van der Waals surface area contributed by atoms with Crippen molar-refractivity contribution in [2.75, 3.05) is 13.2 Å². The molecule has 1 atom stereocenters. The molecule has 1 aromatic rings. The fourth-order valence-corrected chi connectivity index (χ4v) is 2.76. The van der Waals surface area contributed by atoms with E-state index < -0.39 is 0 Å². The first-order valence-corrected chi connectivity index (χ1v) is 7.71. The Morgan fingerprint density at radius 2 is 2.29 bits per heavy atom. The smallest absolute Gasteiger partial charge is 0.254 e. The van der Waals surface area contributed by atoms with Gasteiger partial charge in [-0.05, 0) is 44.4 Å². The zero-order chi connectivity index (χ0) is 15.2. The van der Waals surface area contributed by atoms with E-state index in [0.717, 1.165) is 19.4 Å². The van der Waals surface area contributed by atoms with E-state index in [4.69, 9.17) is 16.7 Å². The number of benzene rings is 1. The van der Waals surface area contributed by atoms with Crippen molar-refractivity contribution in [2.24, 2.45) is 0 Å². The van der Waals surface area contributed by atoms with E-state index in [9.17, 15) is 4.79 Å². The molecule has 1 unspecified atom stereocenters. The Balaban J connectivity index is 2.16. The van der Waals surface area contributed by atoms with Crippen molar-refractivity contribution in [1.82, 2.24) is 4.90 Å². The molecular formula is C17H20ClNO2. The van der Waals surface area contributed by atoms with Crippen LogP contribution in [0.1, 0.15) is 48.5 Å². The van der Waals surface area contributed by atoms with Crippen LogP contribution in [0.2, 0.25) is 5.02 Å². The third-order valence-electron chi connectivity index (χ3n) is 3.74. The Bertz CT molecular complexity index is 574. The number of amides is 1. The van der Waals surface area contributed by atoms with Crippen molar-refractivity contribution in [3.05, 3.63) is 34.3 Å². The second kappa shape index (κ2) is 7.49. The Labute approximate surface area is 130 Å². The van der Waals surface area contributed by atoms with Gasteiger partial charge in [-0.15, -0.1) is 0 Å². The van der Waals surface area contributed by atoms with Gasteiger partial charge in [-0.1, -0.05) is 23.4 Å². The molecule has 1 heterocycles. The molecule has 0 radical (unpaired) electrons. The van der Waals surface area contributed by atoms with Crippen molar-refractivity contribution >= 4 is 17.5 Å². The van der Waals surface area contributed by atoms with Gasteiger partial charge in [-0.25, -0.2) is 0 Å². The summed E-state index contributed by atoms with van der Waals surface area (Å²) >= 11 is 6.19. The number of aliphatic hydroxyl groups excluding tert-OH is 1. The molecule has 0 saturated carbocycles. The maximum atomic E-state index is 12.5. The summed E-state index contributed by atoms with van der Waals surface area (Å²) in [6, 6.07) is 5.52. The van der Waals surface area contributed by atoms with Crippen LogP contribution in [0.5, 0.6) is 0 Å². The van der Waals surface area contributed by atoms with E-state index in [1.807, 2.05) is 4.90 Å². The lowest BCUT2D eigenvalue weighted by Crippen LogP contribution is -2.42. The highest BCUT2D eigenvalue weighted by atomic mass is 35.5. The Morgan fingerprint density at radius 1 is 1.48 bits per heavy atom. The van der Waals surface area contributed by atoms with Crippen LogP contribution >= 0.6 is 11.6 Å². The van der Waals surface area contributed by atoms with Crippen LogP contribution < -0.4 is 0 Å². The molecule has 4 heteroatoms. The number of carbonyl (C=O) groups excluding carboxylic acids is 1. The molecule has 21 heavy (non-hydrogen) atoms. The predicted molar refractivity (Wildman–Crippen MR) is 84.4 cm³/mol. The van der Waals surface area contributed by atoms with E-state index in [-0.39, 0.29) is 18.6 Å². The zero-order valence-corrected chi connectivity index (χ0v) is 13.0. The molecule has 1 aliphatic heterocycles. The lowest BCUT2D eigenvalue weighted by molar-refractivity contribution is 0.0635. The molecule has 1 amide bonds. The maximum absolute atomic E-state index is 12.5. The lowest BCUT2D eigenvalue weighted by atomic mass is 10.0. The molecule has 2 rings (SSSR count). The second-order valence-corrected chi connectivity index (χ2v) is 5.72. The molecular weight excluding hydrogens is 286 g/mol. The van der Waals surface area contributed by atoms with Gasteiger partial charge in [0.15, 0.2) is 0 Å². The molecule has 1 aromatic carbocycles. The van der Waals surface area contributed by atoms with Crippen LogP contribution in [-0.2, 0) is 0 Å². The number of piperidine rings is 1. The van der Waals surface area contributed by atoms with Crippen molar-refractivity contribution in [3.63, 3.8) is 0 Å². The summed E-state index contributed by atoms with van der Waals surface area (Å²) in [5, 5.41) is 9.20. The fraction of sp³-hybridized carbons (Fsp3) is 0.471. The summed E-state index contributed by atoms with van der Waals surface area (Å²) in [6.45, 7) is 2.94. The van der Waals surface area contributed by atoms with Crippen LogP contribution in [-0.4, -0.2) is 35.1 Å². The first-order valence-electron chi connectivity index (χ1n) is 7.33. The standard InChI is InChI=1S/C17H20ClNO2/c1-13-6-2-4-10-19(13)17(21)15-9-8-14(16(18)12-15)7-3-5-11-20/h8-9,12-13,20H,2,4-6,10-11H2,1H3. The van der Waals surface area contributed by atoms with Crippen LogP contribution in [0.15, 0.2) is 18.2 Å². The molecule has 3 nitrogen and oxygen atoms in total. The largest absolute Gasteiger partial charge is 0.395 e. The van der Waals surface area contributed by atoms with Gasteiger partial charge in [0.25, 0.3) is 5.91 Å². The van der Waals surface area contributed by atoms with Crippen molar-refractivity contribution < 1.29 is 9.90 Å². The van der Waals surface area contributed by atoms with E-state index in [1.54, 1.807) is 18.2 Å². The van der Waals surface area contributed by atoms with Crippen LogP contribution in [0, 0.1) is 11.8 Å². The van der Waals surface area contributed by atoms with Crippen LogP contribution in [0.25, 0.3) is 0 Å². The van der Waals surface area contributed by atoms with E-state index in [0.29, 0.717) is 22.6 Å². The van der Waals surface area contributed by atoms with Gasteiger partial charge in [0, 0.05) is 30.1 Å². The summed E-state index contributed by atoms with van der Waals surface area (Å²) < 4.78 is 0. The number of carbonyl (C=O) groups is 1. The highest BCUT2D eigenvalue weighted by Crippen LogP contribution is 2.22. The Hall–Kier alpha value is -1.50. The van der Waals surface area contributed by atoms with Gasteiger partial charge in [0.1, 0.15) is 0 Å². The van der Waals surface area contributed by atoms with Gasteiger partial charge < -0.3 is 10.0 Å². The van der Waals surface area contributed by atoms with Crippen LogP contribution in [0.4, 0.5) is 0 Å². The monoisotopic (exact) mass is 305 g/mol. The average Bonchev–Trinajstić information content (AvgIpc) is 2.49. The van der Waals surface area contributed by atoms with Crippen molar-refractivity contribution in [3.8, 4) is 11.8 Å². The molecule has 1 N–H and O–H groups in total. The average molecular weight is 306 g/mol. The molecule has 0 aliphatic carbocycles. The predicted octanol–water partition coefficient (Wildman–Crippen LogP) is 3.09. The minimum absolute atomic E-state index is 0.0358. The summed E-state index contributed by atoms with van der Waals surface area (Å²) in [5.74, 6) is 5.77. The highest BCUT2D eigenvalue weighted by Gasteiger charge is 2.24. The minimum Gasteiger partial charge on any atom is -0.395 e.